The first-order valence-electron chi connectivity index (χ1n) is 5.10. The van der Waals surface area contributed by atoms with Crippen molar-refractivity contribution in [2.45, 2.75) is 19.9 Å². The Bertz CT molecular complexity index is 482. The number of amides is 1. The summed E-state index contributed by atoms with van der Waals surface area (Å²) in [4.78, 5) is 32.6. The van der Waals surface area contributed by atoms with Gasteiger partial charge in [-0.05, 0) is 12.0 Å². The van der Waals surface area contributed by atoms with Crippen LogP contribution in [0, 0.1) is 16.0 Å². The molecule has 7 nitrogen and oxygen atoms in total. The SMILES string of the molecule is CC(C)[C@@H](NC(=O)c1ccc([N+](=O)[O-])s1)C(=O)O. The Kier molecular flexibility index (Phi) is 4.38. The summed E-state index contributed by atoms with van der Waals surface area (Å²) in [6.45, 7) is 3.33. The van der Waals surface area contributed by atoms with E-state index in [1.54, 1.807) is 13.8 Å². The highest BCUT2D eigenvalue weighted by molar-refractivity contribution is 7.17. The van der Waals surface area contributed by atoms with Crippen LogP contribution in [-0.4, -0.2) is 27.9 Å². The van der Waals surface area contributed by atoms with Gasteiger partial charge >= 0.3 is 11.0 Å². The molecule has 2 N–H and O–H groups in total. The minimum atomic E-state index is -1.13. The zero-order chi connectivity index (χ0) is 13.9. The molecule has 1 aromatic rings. The second kappa shape index (κ2) is 5.58. The van der Waals surface area contributed by atoms with E-state index < -0.39 is 22.8 Å². The predicted molar refractivity (Wildman–Crippen MR) is 64.7 cm³/mol. The highest BCUT2D eigenvalue weighted by Gasteiger charge is 2.25. The van der Waals surface area contributed by atoms with Gasteiger partial charge in [0.15, 0.2) is 0 Å². The Balaban J connectivity index is 2.80. The third-order valence-electron chi connectivity index (χ3n) is 2.21. The molecule has 0 fully saturated rings. The first-order chi connectivity index (χ1) is 8.32. The van der Waals surface area contributed by atoms with Gasteiger partial charge in [-0.25, -0.2) is 4.79 Å². The molecule has 1 atom stereocenters. The number of carboxylic acids is 1. The van der Waals surface area contributed by atoms with Gasteiger partial charge in [0, 0.05) is 6.07 Å². The van der Waals surface area contributed by atoms with E-state index >= 15 is 0 Å². The maximum Gasteiger partial charge on any atom is 0.326 e. The van der Waals surface area contributed by atoms with Crippen LogP contribution in [0.4, 0.5) is 5.00 Å². The van der Waals surface area contributed by atoms with Gasteiger partial charge < -0.3 is 10.4 Å². The van der Waals surface area contributed by atoms with E-state index in [1.165, 1.54) is 12.1 Å². The molecular formula is C10H12N2O5S. The number of nitrogens with one attached hydrogen (secondary N) is 1. The number of carboxylic acid groups (broad SMARTS) is 1. The number of hydrogen-bond donors (Lipinski definition) is 2. The number of nitrogens with zero attached hydrogens (tertiary/aromatic N) is 1. The maximum absolute atomic E-state index is 11.7. The molecule has 1 amide bonds. The van der Waals surface area contributed by atoms with Crippen molar-refractivity contribution in [3.63, 3.8) is 0 Å². The summed E-state index contributed by atoms with van der Waals surface area (Å²) >= 11 is 0.710. The van der Waals surface area contributed by atoms with Crippen LogP contribution >= 0.6 is 11.3 Å². The lowest BCUT2D eigenvalue weighted by molar-refractivity contribution is -0.380. The Morgan fingerprint density at radius 2 is 2.06 bits per heavy atom. The fraction of sp³-hybridized carbons (Fsp3) is 0.400. The highest BCUT2D eigenvalue weighted by Crippen LogP contribution is 2.23. The highest BCUT2D eigenvalue weighted by atomic mass is 32.1. The number of rotatable bonds is 5. The van der Waals surface area contributed by atoms with E-state index in [1.807, 2.05) is 0 Å². The third kappa shape index (κ3) is 3.27. The summed E-state index contributed by atoms with van der Waals surface area (Å²) in [5, 5.41) is 21.6. The minimum absolute atomic E-state index is 0.119. The molecule has 0 saturated heterocycles. The molecule has 1 aromatic heterocycles. The van der Waals surface area contributed by atoms with Crippen molar-refractivity contribution in [1.82, 2.24) is 5.32 Å². The standard InChI is InChI=1S/C10H12N2O5S/c1-5(2)8(10(14)15)11-9(13)6-3-4-7(18-6)12(16)17/h3-5,8H,1-2H3,(H,11,13)(H,14,15)/t8-/m1/s1. The minimum Gasteiger partial charge on any atom is -0.480 e. The first kappa shape index (κ1) is 14.1. The number of hydrogen-bond acceptors (Lipinski definition) is 5. The van der Waals surface area contributed by atoms with Crippen molar-refractivity contribution in [3.8, 4) is 0 Å². The second-order valence-corrected chi connectivity index (χ2v) is 4.99. The lowest BCUT2D eigenvalue weighted by atomic mass is 10.0. The zero-order valence-corrected chi connectivity index (χ0v) is 10.6. The van der Waals surface area contributed by atoms with Crippen LogP contribution in [0.3, 0.4) is 0 Å². The normalized spacial score (nSPS) is 12.2. The molecular weight excluding hydrogens is 260 g/mol. The molecule has 0 aliphatic heterocycles. The smallest absolute Gasteiger partial charge is 0.326 e. The Morgan fingerprint density at radius 3 is 2.44 bits per heavy atom. The van der Waals surface area contributed by atoms with Crippen LogP contribution < -0.4 is 5.32 Å². The van der Waals surface area contributed by atoms with E-state index in [0.717, 1.165) is 0 Å². The number of carbonyl (C=O) groups excluding carboxylic acids is 1. The third-order valence-corrected chi connectivity index (χ3v) is 3.25. The van der Waals surface area contributed by atoms with Crippen molar-refractivity contribution in [2.24, 2.45) is 5.92 Å². The van der Waals surface area contributed by atoms with Gasteiger partial charge in [-0.15, -0.1) is 0 Å². The lowest BCUT2D eigenvalue weighted by Crippen LogP contribution is -2.44. The van der Waals surface area contributed by atoms with Crippen LogP contribution in [0.2, 0.25) is 0 Å². The summed E-state index contributed by atoms with van der Waals surface area (Å²) in [6, 6.07) is 1.50. The summed E-state index contributed by atoms with van der Waals surface area (Å²) < 4.78 is 0. The van der Waals surface area contributed by atoms with Crippen molar-refractivity contribution in [2.75, 3.05) is 0 Å². The molecule has 0 aliphatic carbocycles. The monoisotopic (exact) mass is 272 g/mol. The molecule has 0 aliphatic rings. The summed E-state index contributed by atoms with van der Waals surface area (Å²) in [5.41, 5.74) is 0. The maximum atomic E-state index is 11.7. The van der Waals surface area contributed by atoms with Crippen LogP contribution in [0.25, 0.3) is 0 Å². The van der Waals surface area contributed by atoms with Gasteiger partial charge in [0.25, 0.3) is 5.91 Å². The Morgan fingerprint density at radius 1 is 1.44 bits per heavy atom. The van der Waals surface area contributed by atoms with Crippen LogP contribution in [0.1, 0.15) is 23.5 Å². The molecule has 1 rings (SSSR count). The molecule has 0 unspecified atom stereocenters. The molecule has 0 bridgehead atoms. The van der Waals surface area contributed by atoms with Crippen molar-refractivity contribution < 1.29 is 19.6 Å². The molecule has 8 heteroatoms. The van der Waals surface area contributed by atoms with Crippen LogP contribution in [-0.2, 0) is 4.79 Å². The Hall–Kier alpha value is -1.96. The van der Waals surface area contributed by atoms with Crippen molar-refractivity contribution >= 4 is 28.2 Å². The summed E-state index contributed by atoms with van der Waals surface area (Å²) in [6.07, 6.45) is 0. The van der Waals surface area contributed by atoms with E-state index in [2.05, 4.69) is 5.32 Å². The van der Waals surface area contributed by atoms with Crippen LogP contribution in [0.5, 0.6) is 0 Å². The molecule has 0 saturated carbocycles. The average Bonchev–Trinajstić information content (AvgIpc) is 2.73. The molecule has 0 spiro atoms. The molecule has 0 aromatic carbocycles. The fourth-order valence-electron chi connectivity index (χ4n) is 1.27. The lowest BCUT2D eigenvalue weighted by Gasteiger charge is -2.17. The van der Waals surface area contributed by atoms with Crippen LogP contribution in [0.15, 0.2) is 12.1 Å². The molecule has 18 heavy (non-hydrogen) atoms. The second-order valence-electron chi connectivity index (χ2n) is 3.93. The van der Waals surface area contributed by atoms with Crippen molar-refractivity contribution in [1.29, 1.82) is 0 Å². The largest absolute Gasteiger partial charge is 0.480 e. The van der Waals surface area contributed by atoms with Gasteiger partial charge in [0.1, 0.15) is 6.04 Å². The van der Waals surface area contributed by atoms with E-state index in [9.17, 15) is 19.7 Å². The quantitative estimate of drug-likeness (QED) is 0.623. The van der Waals surface area contributed by atoms with E-state index in [-0.39, 0.29) is 15.8 Å². The fourth-order valence-corrected chi connectivity index (χ4v) is 2.00. The molecule has 0 radical (unpaired) electrons. The molecule has 98 valence electrons. The van der Waals surface area contributed by atoms with E-state index in [0.29, 0.717) is 11.3 Å². The number of nitro groups is 1. The summed E-state index contributed by atoms with van der Waals surface area (Å²) in [5.74, 6) is -2.03. The van der Waals surface area contributed by atoms with Gasteiger partial charge in [-0.2, -0.15) is 0 Å². The topological polar surface area (TPSA) is 110 Å². The van der Waals surface area contributed by atoms with Gasteiger partial charge in [-0.1, -0.05) is 25.2 Å². The van der Waals surface area contributed by atoms with Gasteiger partial charge in [0.2, 0.25) is 0 Å². The molecule has 1 heterocycles. The first-order valence-corrected chi connectivity index (χ1v) is 5.92. The van der Waals surface area contributed by atoms with E-state index in [4.69, 9.17) is 5.11 Å². The van der Waals surface area contributed by atoms with Gasteiger partial charge in [0.05, 0.1) is 9.80 Å². The Labute approximate surface area is 107 Å². The van der Waals surface area contributed by atoms with Gasteiger partial charge in [-0.3, -0.25) is 14.9 Å². The zero-order valence-electron chi connectivity index (χ0n) is 9.75. The van der Waals surface area contributed by atoms with Crippen molar-refractivity contribution in [3.05, 3.63) is 27.1 Å². The number of thiophene rings is 1. The predicted octanol–water partition coefficient (Wildman–Crippen LogP) is 1.50. The number of aliphatic carboxylic acids is 1. The average molecular weight is 272 g/mol. The number of carbonyl (C=O) groups is 2. The summed E-state index contributed by atoms with van der Waals surface area (Å²) in [7, 11) is 0.